The van der Waals surface area contributed by atoms with Gasteiger partial charge in [-0.15, -0.1) is 0 Å². The Bertz CT molecular complexity index is 867. The average molecular weight is 304 g/mol. The van der Waals surface area contributed by atoms with Gasteiger partial charge in [-0.2, -0.15) is 18.3 Å². The summed E-state index contributed by atoms with van der Waals surface area (Å²) in [6.07, 6.45) is -2.79. The van der Waals surface area contributed by atoms with E-state index in [4.69, 9.17) is 0 Å². The van der Waals surface area contributed by atoms with Gasteiger partial charge < -0.3 is 0 Å². The van der Waals surface area contributed by atoms with E-state index >= 15 is 0 Å². The molecule has 0 N–H and O–H groups in total. The summed E-state index contributed by atoms with van der Waals surface area (Å²) in [5.74, 6) is 0. The van der Waals surface area contributed by atoms with Crippen LogP contribution in [0.15, 0.2) is 59.5 Å². The van der Waals surface area contributed by atoms with Gasteiger partial charge in [0.1, 0.15) is 0 Å². The third-order valence-electron chi connectivity index (χ3n) is 3.38. The Balaban J connectivity index is 1.93. The van der Waals surface area contributed by atoms with Gasteiger partial charge in [0.15, 0.2) is 0 Å². The van der Waals surface area contributed by atoms with Gasteiger partial charge in [0.2, 0.25) is 0 Å². The van der Waals surface area contributed by atoms with Crippen LogP contribution in [-0.2, 0) is 12.7 Å². The monoisotopic (exact) mass is 304 g/mol. The van der Waals surface area contributed by atoms with Crippen LogP contribution in [0, 0.1) is 0 Å². The minimum absolute atomic E-state index is 0.127. The Morgan fingerprint density at radius 2 is 1.68 bits per heavy atom. The standard InChI is InChI=1S/C16H11F3N2O/c17-16(18,19)13-7-5-11(6-8-13)10-21-15(22)14-4-2-1-3-12(14)9-20-21/h1-9H,10H2. The molecule has 1 heterocycles. The molecule has 0 atom stereocenters. The first-order valence-corrected chi connectivity index (χ1v) is 6.56. The predicted octanol–water partition coefficient (Wildman–Crippen LogP) is 3.46. The summed E-state index contributed by atoms with van der Waals surface area (Å²) in [5, 5.41) is 5.32. The van der Waals surface area contributed by atoms with Crippen molar-refractivity contribution in [2.45, 2.75) is 12.7 Å². The Morgan fingerprint density at radius 1 is 1.00 bits per heavy atom. The Hall–Kier alpha value is -2.63. The third-order valence-corrected chi connectivity index (χ3v) is 3.38. The van der Waals surface area contributed by atoms with Crippen LogP contribution in [0.4, 0.5) is 13.2 Å². The molecule has 0 aliphatic heterocycles. The van der Waals surface area contributed by atoms with Gasteiger partial charge in [-0.1, -0.05) is 30.3 Å². The lowest BCUT2D eigenvalue weighted by molar-refractivity contribution is -0.137. The second-order valence-electron chi connectivity index (χ2n) is 4.89. The quantitative estimate of drug-likeness (QED) is 0.726. The normalized spacial score (nSPS) is 11.8. The first-order chi connectivity index (χ1) is 10.4. The molecule has 0 aliphatic carbocycles. The molecule has 3 aromatic rings. The molecule has 0 aliphatic rings. The van der Waals surface area contributed by atoms with E-state index in [1.54, 1.807) is 24.4 Å². The lowest BCUT2D eigenvalue weighted by atomic mass is 10.1. The van der Waals surface area contributed by atoms with Gasteiger partial charge in [-0.25, -0.2) is 4.68 Å². The van der Waals surface area contributed by atoms with E-state index in [0.29, 0.717) is 10.9 Å². The van der Waals surface area contributed by atoms with Crippen LogP contribution in [0.3, 0.4) is 0 Å². The van der Waals surface area contributed by atoms with Gasteiger partial charge in [0, 0.05) is 5.39 Å². The summed E-state index contributed by atoms with van der Waals surface area (Å²) < 4.78 is 38.8. The number of nitrogens with zero attached hydrogens (tertiary/aromatic N) is 2. The van der Waals surface area contributed by atoms with E-state index in [9.17, 15) is 18.0 Å². The zero-order chi connectivity index (χ0) is 15.7. The van der Waals surface area contributed by atoms with Gasteiger partial charge in [-0.05, 0) is 23.8 Å². The number of hydrogen-bond donors (Lipinski definition) is 0. The maximum absolute atomic E-state index is 12.5. The Kier molecular flexibility index (Phi) is 3.44. The second kappa shape index (κ2) is 5.29. The lowest BCUT2D eigenvalue weighted by Gasteiger charge is -2.09. The Morgan fingerprint density at radius 3 is 2.36 bits per heavy atom. The first-order valence-electron chi connectivity index (χ1n) is 6.56. The van der Waals surface area contributed by atoms with E-state index in [1.807, 2.05) is 6.07 Å². The predicted molar refractivity (Wildman–Crippen MR) is 76.5 cm³/mol. The van der Waals surface area contributed by atoms with Gasteiger partial charge in [0.05, 0.1) is 23.7 Å². The third kappa shape index (κ3) is 2.72. The summed E-state index contributed by atoms with van der Waals surface area (Å²) in [6, 6.07) is 11.8. The van der Waals surface area contributed by atoms with Crippen LogP contribution in [-0.4, -0.2) is 9.78 Å². The minimum atomic E-state index is -4.36. The average Bonchev–Trinajstić information content (AvgIpc) is 2.50. The molecule has 22 heavy (non-hydrogen) atoms. The molecular formula is C16H11F3N2O. The summed E-state index contributed by atoms with van der Waals surface area (Å²) in [6.45, 7) is 0.127. The van der Waals surface area contributed by atoms with Gasteiger partial charge in [0.25, 0.3) is 5.56 Å². The van der Waals surface area contributed by atoms with Gasteiger partial charge in [-0.3, -0.25) is 4.79 Å². The van der Waals surface area contributed by atoms with Crippen LogP contribution in [0.1, 0.15) is 11.1 Å². The molecule has 0 saturated carbocycles. The molecule has 6 heteroatoms. The van der Waals surface area contributed by atoms with Gasteiger partial charge >= 0.3 is 6.18 Å². The van der Waals surface area contributed by atoms with Crippen molar-refractivity contribution >= 4 is 10.8 Å². The maximum Gasteiger partial charge on any atom is 0.416 e. The fourth-order valence-electron chi connectivity index (χ4n) is 2.21. The number of halogens is 3. The van der Waals surface area contributed by atoms with E-state index in [0.717, 1.165) is 17.5 Å². The molecule has 0 saturated heterocycles. The van der Waals surface area contributed by atoms with Crippen LogP contribution in [0.25, 0.3) is 10.8 Å². The number of aromatic nitrogens is 2. The number of alkyl halides is 3. The van der Waals surface area contributed by atoms with Crippen molar-refractivity contribution in [3.8, 4) is 0 Å². The summed E-state index contributed by atoms with van der Waals surface area (Å²) in [7, 11) is 0. The molecule has 0 bridgehead atoms. The molecule has 0 spiro atoms. The summed E-state index contributed by atoms with van der Waals surface area (Å²) >= 11 is 0. The molecule has 3 nitrogen and oxygen atoms in total. The fourth-order valence-corrected chi connectivity index (χ4v) is 2.21. The molecule has 1 aromatic heterocycles. The van der Waals surface area contributed by atoms with Crippen molar-refractivity contribution in [1.29, 1.82) is 0 Å². The highest BCUT2D eigenvalue weighted by Gasteiger charge is 2.29. The molecule has 2 aromatic carbocycles. The largest absolute Gasteiger partial charge is 0.416 e. The highest BCUT2D eigenvalue weighted by molar-refractivity contribution is 5.80. The van der Waals surface area contributed by atoms with Crippen LogP contribution in [0.5, 0.6) is 0 Å². The molecule has 0 fully saturated rings. The minimum Gasteiger partial charge on any atom is -0.267 e. The SMILES string of the molecule is O=c1c2ccccc2cnn1Cc1ccc(C(F)(F)F)cc1. The highest BCUT2D eigenvalue weighted by Crippen LogP contribution is 2.29. The van der Waals surface area contributed by atoms with Crippen molar-refractivity contribution in [3.05, 3.63) is 76.2 Å². The van der Waals surface area contributed by atoms with Crippen molar-refractivity contribution in [2.24, 2.45) is 0 Å². The van der Waals surface area contributed by atoms with Crippen molar-refractivity contribution in [3.63, 3.8) is 0 Å². The number of fused-ring (bicyclic) bond motifs is 1. The highest BCUT2D eigenvalue weighted by atomic mass is 19.4. The van der Waals surface area contributed by atoms with E-state index in [2.05, 4.69) is 5.10 Å². The van der Waals surface area contributed by atoms with Crippen molar-refractivity contribution in [2.75, 3.05) is 0 Å². The topological polar surface area (TPSA) is 34.9 Å². The van der Waals surface area contributed by atoms with Crippen LogP contribution in [0.2, 0.25) is 0 Å². The van der Waals surface area contributed by atoms with Crippen molar-refractivity contribution in [1.82, 2.24) is 9.78 Å². The first kappa shape index (κ1) is 14.3. The maximum atomic E-state index is 12.5. The summed E-state index contributed by atoms with van der Waals surface area (Å²) in [5.41, 5.74) is -0.397. The molecule has 0 unspecified atom stereocenters. The lowest BCUT2D eigenvalue weighted by Crippen LogP contribution is -2.23. The van der Waals surface area contributed by atoms with E-state index in [-0.39, 0.29) is 12.1 Å². The Labute approximate surface area is 123 Å². The van der Waals surface area contributed by atoms with Crippen LogP contribution >= 0.6 is 0 Å². The molecule has 3 rings (SSSR count). The number of rotatable bonds is 2. The smallest absolute Gasteiger partial charge is 0.267 e. The van der Waals surface area contributed by atoms with E-state index < -0.39 is 11.7 Å². The zero-order valence-electron chi connectivity index (χ0n) is 11.3. The molecule has 112 valence electrons. The summed E-state index contributed by atoms with van der Waals surface area (Å²) in [4.78, 5) is 12.3. The molecular weight excluding hydrogens is 293 g/mol. The van der Waals surface area contributed by atoms with Crippen LogP contribution < -0.4 is 5.56 Å². The number of hydrogen-bond acceptors (Lipinski definition) is 2. The fraction of sp³-hybridized carbons (Fsp3) is 0.125. The molecule has 0 amide bonds. The second-order valence-corrected chi connectivity index (χ2v) is 4.89. The number of benzene rings is 2. The van der Waals surface area contributed by atoms with Crippen molar-refractivity contribution < 1.29 is 13.2 Å². The van der Waals surface area contributed by atoms with E-state index in [1.165, 1.54) is 16.8 Å². The zero-order valence-corrected chi connectivity index (χ0v) is 11.3. The molecule has 0 radical (unpaired) electrons.